The number of carbonyl (C=O) groups excluding carboxylic acids is 1. The maximum Gasteiger partial charge on any atom is 0.253 e. The number of rotatable bonds is 4. The molecule has 3 rings (SSSR count). The minimum atomic E-state index is 0.0121. The van der Waals surface area contributed by atoms with Crippen LogP contribution >= 0.6 is 23.2 Å². The maximum absolute atomic E-state index is 12.6. The van der Waals surface area contributed by atoms with E-state index in [-0.39, 0.29) is 5.91 Å². The van der Waals surface area contributed by atoms with Gasteiger partial charge in [-0.05, 0) is 23.8 Å². The average Bonchev–Trinajstić information content (AvgIpc) is 2.65. The van der Waals surface area contributed by atoms with Crippen LogP contribution in [0.15, 0.2) is 54.6 Å². The van der Waals surface area contributed by atoms with Gasteiger partial charge in [-0.3, -0.25) is 9.69 Å². The lowest BCUT2D eigenvalue weighted by atomic mass is 10.1. The molecule has 0 aliphatic carbocycles. The van der Waals surface area contributed by atoms with Gasteiger partial charge in [0, 0.05) is 38.3 Å². The van der Waals surface area contributed by atoms with Gasteiger partial charge in [-0.15, -0.1) is 0 Å². The predicted molar refractivity (Wildman–Crippen MR) is 104 cm³/mol. The molecule has 0 unspecified atom stereocenters. The summed E-state index contributed by atoms with van der Waals surface area (Å²) in [5.41, 5.74) is 1.79. The van der Waals surface area contributed by atoms with Gasteiger partial charge in [-0.1, -0.05) is 65.7 Å². The molecular weight excluding hydrogens is 355 g/mol. The number of benzene rings is 2. The van der Waals surface area contributed by atoms with Crippen LogP contribution in [0.5, 0.6) is 0 Å². The lowest BCUT2D eigenvalue weighted by molar-refractivity contribution is 0.0650. The molecule has 0 bridgehead atoms. The van der Waals surface area contributed by atoms with Gasteiger partial charge in [0.05, 0.1) is 10.0 Å². The van der Waals surface area contributed by atoms with Gasteiger partial charge in [0.1, 0.15) is 0 Å². The van der Waals surface area contributed by atoms with E-state index in [1.54, 1.807) is 18.2 Å². The first-order valence-electron chi connectivity index (χ1n) is 8.32. The summed E-state index contributed by atoms with van der Waals surface area (Å²) >= 11 is 11.9. The molecule has 25 heavy (non-hydrogen) atoms. The van der Waals surface area contributed by atoms with Crippen LogP contribution in [0.2, 0.25) is 10.0 Å². The van der Waals surface area contributed by atoms with Gasteiger partial charge in [0.2, 0.25) is 0 Å². The van der Waals surface area contributed by atoms with E-state index in [9.17, 15) is 4.79 Å². The third-order valence-corrected chi connectivity index (χ3v) is 5.04. The minimum absolute atomic E-state index is 0.0121. The van der Waals surface area contributed by atoms with Crippen LogP contribution in [0.3, 0.4) is 0 Å². The molecule has 1 aliphatic heterocycles. The molecule has 2 aromatic carbocycles. The summed E-state index contributed by atoms with van der Waals surface area (Å²) in [5, 5.41) is 0.880. The molecule has 0 N–H and O–H groups in total. The van der Waals surface area contributed by atoms with Gasteiger partial charge in [0.25, 0.3) is 5.91 Å². The van der Waals surface area contributed by atoms with Crippen LogP contribution in [-0.4, -0.2) is 48.4 Å². The monoisotopic (exact) mass is 374 g/mol. The first kappa shape index (κ1) is 18.0. The summed E-state index contributed by atoms with van der Waals surface area (Å²) in [6, 6.07) is 15.3. The van der Waals surface area contributed by atoms with Crippen molar-refractivity contribution >= 4 is 35.2 Å². The Hall–Kier alpha value is -1.81. The van der Waals surface area contributed by atoms with Gasteiger partial charge >= 0.3 is 0 Å². The second-order valence-electron chi connectivity index (χ2n) is 6.03. The van der Waals surface area contributed by atoms with Crippen molar-refractivity contribution in [1.29, 1.82) is 0 Å². The first-order chi connectivity index (χ1) is 12.1. The van der Waals surface area contributed by atoms with E-state index in [4.69, 9.17) is 23.2 Å². The van der Waals surface area contributed by atoms with E-state index in [1.807, 2.05) is 23.1 Å². The average molecular weight is 375 g/mol. The number of hydrogen-bond donors (Lipinski definition) is 0. The van der Waals surface area contributed by atoms with E-state index in [0.717, 1.165) is 32.7 Å². The fraction of sp³-hybridized carbons (Fsp3) is 0.250. The van der Waals surface area contributed by atoms with Crippen LogP contribution in [0, 0.1) is 0 Å². The van der Waals surface area contributed by atoms with Crippen molar-refractivity contribution in [2.24, 2.45) is 0 Å². The Bertz CT molecular complexity index is 754. The molecule has 5 heteroatoms. The van der Waals surface area contributed by atoms with Gasteiger partial charge < -0.3 is 4.90 Å². The summed E-state index contributed by atoms with van der Waals surface area (Å²) in [7, 11) is 0. The Morgan fingerprint density at radius 1 is 0.960 bits per heavy atom. The number of nitrogens with zero attached hydrogens (tertiary/aromatic N) is 2. The van der Waals surface area contributed by atoms with Crippen LogP contribution in [0.1, 0.15) is 15.9 Å². The molecule has 1 fully saturated rings. The normalized spacial score (nSPS) is 15.7. The van der Waals surface area contributed by atoms with Crippen molar-refractivity contribution in [1.82, 2.24) is 9.80 Å². The molecule has 1 heterocycles. The Labute approximate surface area is 158 Å². The summed E-state index contributed by atoms with van der Waals surface area (Å²) in [6.07, 6.45) is 4.30. The van der Waals surface area contributed by atoms with Crippen LogP contribution in [0.4, 0.5) is 0 Å². The molecule has 0 atom stereocenters. The zero-order chi connectivity index (χ0) is 17.6. The second-order valence-corrected chi connectivity index (χ2v) is 6.85. The summed E-state index contributed by atoms with van der Waals surface area (Å²) in [6.45, 7) is 4.07. The van der Waals surface area contributed by atoms with Gasteiger partial charge in [-0.25, -0.2) is 0 Å². The molecule has 0 aromatic heterocycles. The quantitative estimate of drug-likeness (QED) is 0.788. The van der Waals surface area contributed by atoms with Gasteiger partial charge in [-0.2, -0.15) is 0 Å². The molecule has 0 spiro atoms. The fourth-order valence-corrected chi connectivity index (χ4v) is 3.15. The molecule has 0 radical (unpaired) electrons. The Morgan fingerprint density at radius 3 is 2.36 bits per heavy atom. The molecule has 130 valence electrons. The van der Waals surface area contributed by atoms with Crippen molar-refractivity contribution in [3.05, 3.63) is 75.8 Å². The van der Waals surface area contributed by atoms with Crippen LogP contribution < -0.4 is 0 Å². The van der Waals surface area contributed by atoms with Crippen LogP contribution in [-0.2, 0) is 0 Å². The highest BCUT2D eigenvalue weighted by molar-refractivity contribution is 6.42. The summed E-state index contributed by atoms with van der Waals surface area (Å²) in [4.78, 5) is 16.8. The van der Waals surface area contributed by atoms with E-state index < -0.39 is 0 Å². The molecule has 1 saturated heterocycles. The number of carbonyl (C=O) groups is 1. The van der Waals surface area contributed by atoms with Crippen LogP contribution in [0.25, 0.3) is 6.08 Å². The Morgan fingerprint density at radius 2 is 1.68 bits per heavy atom. The van der Waals surface area contributed by atoms with Crippen molar-refractivity contribution in [2.75, 3.05) is 32.7 Å². The zero-order valence-corrected chi connectivity index (χ0v) is 15.4. The number of halogens is 2. The molecule has 1 aliphatic rings. The predicted octanol–water partition coefficient (Wildman–Crippen LogP) is 4.46. The second kappa shape index (κ2) is 8.52. The maximum atomic E-state index is 12.6. The lowest BCUT2D eigenvalue weighted by Crippen LogP contribution is -2.48. The number of piperazine rings is 1. The van der Waals surface area contributed by atoms with Crippen molar-refractivity contribution < 1.29 is 4.79 Å². The lowest BCUT2D eigenvalue weighted by Gasteiger charge is -2.34. The number of hydrogen-bond acceptors (Lipinski definition) is 2. The Balaban J connectivity index is 1.50. The Kier molecular flexibility index (Phi) is 6.14. The third kappa shape index (κ3) is 4.85. The SMILES string of the molecule is O=C(c1ccc(Cl)c(Cl)c1)N1CCN(C/C=C/c2ccccc2)CC1. The summed E-state index contributed by atoms with van der Waals surface area (Å²) in [5.74, 6) is 0.0121. The molecule has 0 saturated carbocycles. The smallest absolute Gasteiger partial charge is 0.253 e. The third-order valence-electron chi connectivity index (χ3n) is 4.30. The molecule has 1 amide bonds. The highest BCUT2D eigenvalue weighted by atomic mass is 35.5. The van der Waals surface area contributed by atoms with Crippen molar-refractivity contribution in [3.8, 4) is 0 Å². The fourth-order valence-electron chi connectivity index (χ4n) is 2.85. The standard InChI is InChI=1S/C20H20Cl2N2O/c21-18-9-8-17(15-19(18)22)20(25)24-13-11-23(12-14-24)10-4-7-16-5-2-1-3-6-16/h1-9,15H,10-14H2/b7-4+. The van der Waals surface area contributed by atoms with Crippen molar-refractivity contribution in [3.63, 3.8) is 0 Å². The van der Waals surface area contributed by atoms with E-state index in [2.05, 4.69) is 29.2 Å². The zero-order valence-electron chi connectivity index (χ0n) is 13.9. The molecule has 3 nitrogen and oxygen atoms in total. The molecular formula is C20H20Cl2N2O. The first-order valence-corrected chi connectivity index (χ1v) is 9.07. The van der Waals surface area contributed by atoms with E-state index in [1.165, 1.54) is 5.56 Å². The van der Waals surface area contributed by atoms with Gasteiger partial charge in [0.15, 0.2) is 0 Å². The highest BCUT2D eigenvalue weighted by Gasteiger charge is 2.21. The topological polar surface area (TPSA) is 23.6 Å². The summed E-state index contributed by atoms with van der Waals surface area (Å²) < 4.78 is 0. The minimum Gasteiger partial charge on any atom is -0.336 e. The molecule has 2 aromatic rings. The van der Waals surface area contributed by atoms with E-state index >= 15 is 0 Å². The van der Waals surface area contributed by atoms with Crippen molar-refractivity contribution in [2.45, 2.75) is 0 Å². The highest BCUT2D eigenvalue weighted by Crippen LogP contribution is 2.23. The number of amides is 1. The largest absolute Gasteiger partial charge is 0.336 e. The van der Waals surface area contributed by atoms with E-state index in [0.29, 0.717) is 15.6 Å².